The molecule has 0 aliphatic carbocycles. The van der Waals surface area contributed by atoms with Crippen molar-refractivity contribution in [3.63, 3.8) is 0 Å². The van der Waals surface area contributed by atoms with Gasteiger partial charge in [-0.15, -0.1) is 0 Å². The van der Waals surface area contributed by atoms with Gasteiger partial charge in [-0.05, 0) is 27.2 Å². The van der Waals surface area contributed by atoms with Gasteiger partial charge < -0.3 is 33.8 Å². The van der Waals surface area contributed by atoms with Crippen molar-refractivity contribution in [3.05, 3.63) is 0 Å². The van der Waals surface area contributed by atoms with Gasteiger partial charge in [0, 0.05) is 0 Å². The first-order chi connectivity index (χ1) is 19.1. The van der Waals surface area contributed by atoms with Crippen molar-refractivity contribution in [1.82, 2.24) is 5.32 Å². The Labute approximate surface area is 243 Å². The highest BCUT2D eigenvalue weighted by atomic mass is 31.2. The van der Waals surface area contributed by atoms with E-state index in [1.807, 2.05) is 12.1 Å². The molecule has 0 saturated carbocycles. The molecule has 10 nitrogen and oxygen atoms in total. The average molecular weight is 588 g/mol. The fourth-order valence-corrected chi connectivity index (χ4v) is 4.89. The van der Waals surface area contributed by atoms with E-state index < -0.39 is 38.5 Å². The van der Waals surface area contributed by atoms with E-state index in [4.69, 9.17) is 28.8 Å². The maximum absolute atomic E-state index is 12.4. The van der Waals surface area contributed by atoms with Crippen LogP contribution in [-0.2, 0) is 18.3 Å². The second-order valence-corrected chi connectivity index (χ2v) is 12.2. The normalized spacial score (nSPS) is 13.8. The van der Waals surface area contributed by atoms with Crippen molar-refractivity contribution in [2.45, 2.75) is 148 Å². The molecule has 0 unspecified atom stereocenters. The van der Waals surface area contributed by atoms with Crippen molar-refractivity contribution in [1.29, 1.82) is 10.5 Å². The van der Waals surface area contributed by atoms with Crippen LogP contribution in [-0.4, -0.2) is 60.0 Å². The number of rotatable bonds is 25. The minimum atomic E-state index is -1.93. The number of aliphatic hydroxyl groups excluding tert-OH is 2. The molecule has 232 valence electrons. The summed E-state index contributed by atoms with van der Waals surface area (Å²) < 4.78 is 21.9. The highest BCUT2D eigenvalue weighted by molar-refractivity contribution is 7.41. The lowest BCUT2D eigenvalue weighted by atomic mass is 9.99. The fraction of sp³-hybridized carbons (Fsp3) is 0.897. The smallest absolute Gasteiger partial charge is 0.408 e. The van der Waals surface area contributed by atoms with Gasteiger partial charge in [0.15, 0.2) is 0 Å². The third-order valence-electron chi connectivity index (χ3n) is 6.04. The zero-order valence-electron chi connectivity index (χ0n) is 25.2. The molecule has 0 fully saturated rings. The molecule has 3 atom stereocenters. The zero-order chi connectivity index (χ0) is 30.1. The number of alkyl carbamates (subject to hydrolysis) is 1. The summed E-state index contributed by atoms with van der Waals surface area (Å²) in [5.74, 6) is 0. The Morgan fingerprint density at radius 3 is 1.75 bits per heavy atom. The van der Waals surface area contributed by atoms with Crippen molar-refractivity contribution >= 4 is 14.7 Å². The van der Waals surface area contributed by atoms with E-state index in [0.717, 1.165) is 19.3 Å². The summed E-state index contributed by atoms with van der Waals surface area (Å²) in [5.41, 5.74) is -0.748. The van der Waals surface area contributed by atoms with E-state index in [1.165, 1.54) is 57.8 Å². The minimum absolute atomic E-state index is 0.0725. The third-order valence-corrected chi connectivity index (χ3v) is 7.19. The van der Waals surface area contributed by atoms with Gasteiger partial charge in [-0.25, -0.2) is 4.79 Å². The van der Waals surface area contributed by atoms with E-state index in [9.17, 15) is 15.0 Å². The third kappa shape index (κ3) is 23.2. The van der Waals surface area contributed by atoms with Crippen LogP contribution in [0.15, 0.2) is 0 Å². The van der Waals surface area contributed by atoms with Crippen LogP contribution in [0.3, 0.4) is 0 Å². The quantitative estimate of drug-likeness (QED) is 0.0773. The highest BCUT2D eigenvalue weighted by Gasteiger charge is 2.31. The lowest BCUT2D eigenvalue weighted by molar-refractivity contribution is -0.0243. The van der Waals surface area contributed by atoms with Crippen LogP contribution >= 0.6 is 8.60 Å². The summed E-state index contributed by atoms with van der Waals surface area (Å²) in [6.45, 7) is 7.33. The molecule has 11 heteroatoms. The number of nitriles is 2. The van der Waals surface area contributed by atoms with Gasteiger partial charge >= 0.3 is 14.7 Å². The van der Waals surface area contributed by atoms with Crippen molar-refractivity contribution in [2.24, 2.45) is 0 Å². The van der Waals surface area contributed by atoms with E-state index in [2.05, 4.69) is 12.2 Å². The number of nitrogens with zero attached hydrogens (tertiary/aromatic N) is 2. The SMILES string of the molecule is CCCCCCCCCCCCCC[C@@H](O)[C@@H](O)[C@H](COP(OCCC#N)OCCC#N)NC(=O)OC(C)(C)C. The second-order valence-electron chi connectivity index (χ2n) is 11.0. The number of carbonyl (C=O) groups is 1. The van der Waals surface area contributed by atoms with Crippen LogP contribution in [0.2, 0.25) is 0 Å². The summed E-state index contributed by atoms with van der Waals surface area (Å²) >= 11 is 0. The van der Waals surface area contributed by atoms with E-state index in [1.54, 1.807) is 20.8 Å². The van der Waals surface area contributed by atoms with Crippen molar-refractivity contribution in [2.75, 3.05) is 19.8 Å². The number of hydrogen-bond donors (Lipinski definition) is 3. The molecule has 0 radical (unpaired) electrons. The molecule has 1 amide bonds. The van der Waals surface area contributed by atoms with Crippen molar-refractivity contribution < 1.29 is 33.3 Å². The molecule has 40 heavy (non-hydrogen) atoms. The van der Waals surface area contributed by atoms with Crippen LogP contribution in [0, 0.1) is 22.7 Å². The first kappa shape index (κ1) is 38.5. The lowest BCUT2D eigenvalue weighted by Crippen LogP contribution is -2.52. The predicted octanol–water partition coefficient (Wildman–Crippen LogP) is 6.80. The van der Waals surface area contributed by atoms with Gasteiger partial charge in [0.2, 0.25) is 0 Å². The summed E-state index contributed by atoms with van der Waals surface area (Å²) in [6.07, 6.45) is 11.9. The number of amides is 1. The number of nitrogens with one attached hydrogen (secondary N) is 1. The van der Waals surface area contributed by atoms with E-state index >= 15 is 0 Å². The molecule has 0 aliphatic heterocycles. The minimum Gasteiger partial charge on any atom is -0.444 e. The molecule has 0 bridgehead atoms. The standard InChI is InChI=1S/C29H54N3O7P/c1-5-6-7-8-9-10-11-12-13-14-15-16-19-26(33)27(34)25(32-28(35)39-29(2,3)4)24-38-40(36-22-17-20-30)37-23-18-21-31/h25-27,33-34H,5-19,22-24H2,1-4H3,(H,32,35)/t25-,26+,27-/m0/s1. The van der Waals surface area contributed by atoms with Crippen molar-refractivity contribution in [3.8, 4) is 12.1 Å². The molecule has 0 aliphatic rings. The first-order valence-corrected chi connectivity index (χ1v) is 16.0. The molecule has 0 rings (SSSR count). The number of ether oxygens (including phenoxy) is 1. The zero-order valence-corrected chi connectivity index (χ0v) is 26.1. The molecular formula is C29H54N3O7P. The summed E-state index contributed by atoms with van der Waals surface area (Å²) in [5, 5.41) is 41.7. The Kier molecular flexibility index (Phi) is 24.3. The summed E-state index contributed by atoms with van der Waals surface area (Å²) in [6, 6.07) is 2.93. The maximum Gasteiger partial charge on any atom is 0.408 e. The fourth-order valence-electron chi connectivity index (χ4n) is 3.90. The monoisotopic (exact) mass is 587 g/mol. The van der Waals surface area contributed by atoms with Crippen LogP contribution in [0.25, 0.3) is 0 Å². The molecule has 3 N–H and O–H groups in total. The van der Waals surface area contributed by atoms with Gasteiger partial charge in [-0.3, -0.25) is 0 Å². The largest absolute Gasteiger partial charge is 0.444 e. The molecule has 0 aromatic rings. The van der Waals surface area contributed by atoms with E-state index in [0.29, 0.717) is 6.42 Å². The Bertz CT molecular complexity index is 689. The van der Waals surface area contributed by atoms with Crippen LogP contribution in [0.4, 0.5) is 4.79 Å². The molecule has 0 spiro atoms. The van der Waals surface area contributed by atoms with Gasteiger partial charge in [0.1, 0.15) is 11.7 Å². The molecule has 0 aromatic carbocycles. The number of hydrogen-bond acceptors (Lipinski definition) is 9. The Hall–Kier alpha value is -1.52. The highest BCUT2D eigenvalue weighted by Crippen LogP contribution is 2.40. The molecular weight excluding hydrogens is 533 g/mol. The van der Waals surface area contributed by atoms with Crippen LogP contribution in [0.5, 0.6) is 0 Å². The molecule has 0 saturated heterocycles. The van der Waals surface area contributed by atoms with Gasteiger partial charge in [0.05, 0.1) is 56.9 Å². The van der Waals surface area contributed by atoms with Gasteiger partial charge in [0.25, 0.3) is 0 Å². The topological polar surface area (TPSA) is 154 Å². The van der Waals surface area contributed by atoms with Crippen LogP contribution in [0.1, 0.15) is 124 Å². The summed E-state index contributed by atoms with van der Waals surface area (Å²) in [4.78, 5) is 12.4. The second kappa shape index (κ2) is 25.2. The average Bonchev–Trinajstić information content (AvgIpc) is 2.89. The predicted molar refractivity (Wildman–Crippen MR) is 156 cm³/mol. The number of aliphatic hydroxyl groups is 2. The van der Waals surface area contributed by atoms with E-state index in [-0.39, 0.29) is 32.7 Å². The maximum atomic E-state index is 12.4. The summed E-state index contributed by atoms with van der Waals surface area (Å²) in [7, 11) is -1.93. The lowest BCUT2D eigenvalue weighted by Gasteiger charge is -2.29. The Balaban J connectivity index is 4.71. The first-order valence-electron chi connectivity index (χ1n) is 14.9. The number of carbonyl (C=O) groups excluding carboxylic acids is 1. The molecule has 0 heterocycles. The number of unbranched alkanes of at least 4 members (excludes halogenated alkanes) is 11. The van der Waals surface area contributed by atoms with Crippen LogP contribution < -0.4 is 5.32 Å². The van der Waals surface area contributed by atoms with Gasteiger partial charge in [-0.2, -0.15) is 10.5 Å². The molecule has 0 aromatic heterocycles. The Morgan fingerprint density at radius 1 is 0.825 bits per heavy atom. The van der Waals surface area contributed by atoms with Gasteiger partial charge in [-0.1, -0.05) is 84.0 Å². The Morgan fingerprint density at radius 2 is 1.30 bits per heavy atom.